The first-order valence-corrected chi connectivity index (χ1v) is 9.25. The average molecular weight is 374 g/mol. The Balaban J connectivity index is 1.94. The van der Waals surface area contributed by atoms with Crippen LogP contribution in [0.15, 0.2) is 6.07 Å². The first kappa shape index (κ1) is 19.3. The maximum Gasteiger partial charge on any atom is 0.312 e. The van der Waals surface area contributed by atoms with E-state index < -0.39 is 17.5 Å². The van der Waals surface area contributed by atoms with Crippen LogP contribution in [0, 0.1) is 26.2 Å². The second kappa shape index (κ2) is 6.92. The monoisotopic (exact) mass is 374 g/mol. The number of aliphatic hydroxyl groups is 1. The number of β-amino-alcohol motifs (C(OH)–C–C–N with tert-alkyl or cyclic N) is 1. The van der Waals surface area contributed by atoms with Crippen LogP contribution in [0.3, 0.4) is 0 Å². The summed E-state index contributed by atoms with van der Waals surface area (Å²) in [6.45, 7) is 7.69. The van der Waals surface area contributed by atoms with Crippen LogP contribution in [-0.2, 0) is 4.79 Å². The molecule has 1 aliphatic rings. The van der Waals surface area contributed by atoms with Crippen LogP contribution in [0.2, 0.25) is 0 Å². The first-order valence-electron chi connectivity index (χ1n) is 9.25. The summed E-state index contributed by atoms with van der Waals surface area (Å²) in [5.74, 6) is -1.27. The van der Waals surface area contributed by atoms with E-state index in [-0.39, 0.29) is 25.4 Å². The number of fused-ring (bicyclic) bond motifs is 1. The molecule has 8 heteroatoms. The predicted molar refractivity (Wildman–Crippen MR) is 98.7 cm³/mol. The summed E-state index contributed by atoms with van der Waals surface area (Å²) >= 11 is 0. The lowest BCUT2D eigenvalue weighted by atomic mass is 9.72. The molecular weight excluding hydrogens is 348 g/mol. The second-order valence-electron chi connectivity index (χ2n) is 7.46. The van der Waals surface area contributed by atoms with Gasteiger partial charge in [-0.25, -0.2) is 9.50 Å². The van der Waals surface area contributed by atoms with Crippen LogP contribution < -0.4 is 0 Å². The van der Waals surface area contributed by atoms with E-state index in [2.05, 4.69) is 10.1 Å². The van der Waals surface area contributed by atoms with E-state index in [1.54, 1.807) is 11.4 Å². The van der Waals surface area contributed by atoms with Crippen LogP contribution in [0.1, 0.15) is 53.6 Å². The zero-order valence-electron chi connectivity index (χ0n) is 16.2. The van der Waals surface area contributed by atoms with Crippen LogP contribution in [0.5, 0.6) is 0 Å². The van der Waals surface area contributed by atoms with Crippen molar-refractivity contribution in [2.75, 3.05) is 13.1 Å². The minimum Gasteiger partial charge on any atom is -0.481 e. The standard InChI is InChI=1S/C19H26N4O4/c1-5-6-19(18(26)27)7-8-22(10-14(19)24)17(25)15-13(4)21-23-12(3)9-11(2)20-16(15)23/h9,14,24H,5-8,10H2,1-4H3,(H,26,27)/t14-,19+/m1/s1. The van der Waals surface area contributed by atoms with Gasteiger partial charge in [-0.3, -0.25) is 9.59 Å². The van der Waals surface area contributed by atoms with Gasteiger partial charge in [0, 0.05) is 24.5 Å². The number of rotatable bonds is 4. The Bertz CT molecular complexity index is 907. The number of hydrogen-bond donors (Lipinski definition) is 2. The Morgan fingerprint density at radius 1 is 1.33 bits per heavy atom. The van der Waals surface area contributed by atoms with Gasteiger partial charge in [0.15, 0.2) is 5.65 Å². The van der Waals surface area contributed by atoms with E-state index in [1.165, 1.54) is 4.90 Å². The minimum absolute atomic E-state index is 0.00723. The Morgan fingerprint density at radius 3 is 2.63 bits per heavy atom. The number of carboxylic acid groups (broad SMARTS) is 1. The third kappa shape index (κ3) is 3.07. The maximum atomic E-state index is 13.2. The minimum atomic E-state index is -1.19. The molecular formula is C19H26N4O4. The van der Waals surface area contributed by atoms with Crippen molar-refractivity contribution in [2.24, 2.45) is 5.41 Å². The summed E-state index contributed by atoms with van der Waals surface area (Å²) in [6, 6.07) is 1.89. The molecule has 1 fully saturated rings. The number of nitrogens with zero attached hydrogens (tertiary/aromatic N) is 4. The van der Waals surface area contributed by atoms with E-state index in [0.29, 0.717) is 29.7 Å². The molecule has 0 bridgehead atoms. The molecule has 1 aliphatic heterocycles. The highest BCUT2D eigenvalue weighted by molar-refractivity contribution is 6.01. The van der Waals surface area contributed by atoms with Gasteiger partial charge in [0.1, 0.15) is 5.56 Å². The van der Waals surface area contributed by atoms with E-state index in [1.807, 2.05) is 26.8 Å². The first-order chi connectivity index (χ1) is 12.7. The SMILES string of the molecule is CCC[C@]1(C(=O)O)CCN(C(=O)c2c(C)nn3c(C)cc(C)nc23)C[C@H]1O. The number of aliphatic hydroxyl groups excluding tert-OH is 1. The number of hydrogen-bond acceptors (Lipinski definition) is 5. The van der Waals surface area contributed by atoms with Gasteiger partial charge in [-0.2, -0.15) is 5.10 Å². The third-order valence-corrected chi connectivity index (χ3v) is 5.55. The quantitative estimate of drug-likeness (QED) is 0.844. The average Bonchev–Trinajstić information content (AvgIpc) is 2.92. The highest BCUT2D eigenvalue weighted by Crippen LogP contribution is 2.37. The molecule has 27 heavy (non-hydrogen) atoms. The van der Waals surface area contributed by atoms with Gasteiger partial charge in [-0.15, -0.1) is 0 Å². The van der Waals surface area contributed by atoms with Crippen molar-refractivity contribution in [1.29, 1.82) is 0 Å². The Morgan fingerprint density at radius 2 is 2.04 bits per heavy atom. The lowest BCUT2D eigenvalue weighted by Crippen LogP contribution is -2.56. The lowest BCUT2D eigenvalue weighted by molar-refractivity contribution is -0.162. The normalized spacial score (nSPS) is 23.0. The molecule has 0 unspecified atom stereocenters. The van der Waals surface area contributed by atoms with E-state index in [9.17, 15) is 19.8 Å². The van der Waals surface area contributed by atoms with E-state index in [0.717, 1.165) is 11.4 Å². The summed E-state index contributed by atoms with van der Waals surface area (Å²) in [6.07, 6.45) is 0.173. The van der Waals surface area contributed by atoms with Crippen LogP contribution in [0.25, 0.3) is 5.65 Å². The summed E-state index contributed by atoms with van der Waals surface area (Å²) in [7, 11) is 0. The zero-order chi connectivity index (χ0) is 19.9. The lowest BCUT2D eigenvalue weighted by Gasteiger charge is -2.42. The largest absolute Gasteiger partial charge is 0.481 e. The fourth-order valence-corrected chi connectivity index (χ4v) is 4.09. The number of aromatic nitrogens is 3. The number of carbonyl (C=O) groups is 2. The van der Waals surface area contributed by atoms with Gasteiger partial charge in [-0.1, -0.05) is 13.3 Å². The van der Waals surface area contributed by atoms with E-state index >= 15 is 0 Å². The third-order valence-electron chi connectivity index (χ3n) is 5.55. The summed E-state index contributed by atoms with van der Waals surface area (Å²) < 4.78 is 1.65. The molecule has 1 amide bonds. The Labute approximate surface area is 157 Å². The molecule has 3 rings (SSSR count). The van der Waals surface area contributed by atoms with Gasteiger partial charge in [-0.05, 0) is 39.7 Å². The highest BCUT2D eigenvalue weighted by atomic mass is 16.4. The van der Waals surface area contributed by atoms with Crippen molar-refractivity contribution >= 4 is 17.5 Å². The molecule has 2 atom stereocenters. The van der Waals surface area contributed by atoms with Crippen molar-refractivity contribution < 1.29 is 19.8 Å². The number of carbonyl (C=O) groups excluding carboxylic acids is 1. The smallest absolute Gasteiger partial charge is 0.312 e. The van der Waals surface area contributed by atoms with E-state index in [4.69, 9.17) is 0 Å². The van der Waals surface area contributed by atoms with Gasteiger partial charge in [0.2, 0.25) is 0 Å². The van der Waals surface area contributed by atoms with Crippen LogP contribution >= 0.6 is 0 Å². The number of amides is 1. The number of piperidine rings is 1. The summed E-state index contributed by atoms with van der Waals surface area (Å²) in [5, 5.41) is 24.7. The molecule has 1 saturated heterocycles. The molecule has 0 spiro atoms. The molecule has 2 aromatic heterocycles. The van der Waals surface area contributed by atoms with Gasteiger partial charge >= 0.3 is 5.97 Å². The van der Waals surface area contributed by atoms with Crippen molar-refractivity contribution in [2.45, 2.75) is 53.1 Å². The van der Waals surface area contributed by atoms with Crippen molar-refractivity contribution in [3.05, 3.63) is 28.7 Å². The molecule has 0 radical (unpaired) electrons. The number of likely N-dealkylation sites (tertiary alicyclic amines) is 1. The number of aryl methyl sites for hydroxylation is 3. The molecule has 8 nitrogen and oxygen atoms in total. The predicted octanol–water partition coefficient (Wildman–Crippen LogP) is 1.73. The second-order valence-corrected chi connectivity index (χ2v) is 7.46. The topological polar surface area (TPSA) is 108 Å². The summed E-state index contributed by atoms with van der Waals surface area (Å²) in [4.78, 5) is 31.0. The van der Waals surface area contributed by atoms with Crippen molar-refractivity contribution in [3.8, 4) is 0 Å². The Kier molecular flexibility index (Phi) is 4.94. The molecule has 0 saturated carbocycles. The molecule has 0 aliphatic carbocycles. The summed E-state index contributed by atoms with van der Waals surface area (Å²) in [5.41, 5.74) is 1.96. The number of carboxylic acids is 1. The van der Waals surface area contributed by atoms with Gasteiger partial charge < -0.3 is 15.1 Å². The molecule has 3 heterocycles. The van der Waals surface area contributed by atoms with Crippen molar-refractivity contribution in [1.82, 2.24) is 19.5 Å². The maximum absolute atomic E-state index is 13.2. The van der Waals surface area contributed by atoms with Crippen LogP contribution in [-0.4, -0.2) is 60.8 Å². The molecule has 146 valence electrons. The Hall–Kier alpha value is -2.48. The van der Waals surface area contributed by atoms with Gasteiger partial charge in [0.25, 0.3) is 5.91 Å². The molecule has 2 aromatic rings. The zero-order valence-corrected chi connectivity index (χ0v) is 16.2. The van der Waals surface area contributed by atoms with Crippen LogP contribution in [0.4, 0.5) is 0 Å². The van der Waals surface area contributed by atoms with Gasteiger partial charge in [0.05, 0.1) is 17.2 Å². The highest BCUT2D eigenvalue weighted by Gasteiger charge is 2.49. The fourth-order valence-electron chi connectivity index (χ4n) is 4.09. The molecule has 2 N–H and O–H groups in total. The fraction of sp³-hybridized carbons (Fsp3) is 0.579. The molecule has 0 aromatic carbocycles. The van der Waals surface area contributed by atoms with Crippen molar-refractivity contribution in [3.63, 3.8) is 0 Å². The number of aliphatic carboxylic acids is 1.